The molecule has 26 heavy (non-hydrogen) atoms. The highest BCUT2D eigenvalue weighted by Gasteiger charge is 2.29. The maximum Gasteiger partial charge on any atom is 0.225 e. The first-order valence-corrected chi connectivity index (χ1v) is 9.52. The van der Waals surface area contributed by atoms with Crippen LogP contribution >= 0.6 is 11.6 Å². The molecule has 0 radical (unpaired) electrons. The predicted octanol–water partition coefficient (Wildman–Crippen LogP) is 3.86. The van der Waals surface area contributed by atoms with Gasteiger partial charge in [0.25, 0.3) is 0 Å². The van der Waals surface area contributed by atoms with Gasteiger partial charge >= 0.3 is 0 Å². The van der Waals surface area contributed by atoms with Crippen molar-refractivity contribution < 1.29 is 4.79 Å². The largest absolute Gasteiger partial charge is 0.354 e. The Hall–Kier alpha value is -2.14. The Morgan fingerprint density at radius 3 is 2.62 bits per heavy atom. The van der Waals surface area contributed by atoms with Crippen molar-refractivity contribution in [3.05, 3.63) is 53.2 Å². The van der Waals surface area contributed by atoms with E-state index >= 15 is 0 Å². The molecule has 1 aromatic heterocycles. The second kappa shape index (κ2) is 8.49. The predicted molar refractivity (Wildman–Crippen MR) is 104 cm³/mol. The van der Waals surface area contributed by atoms with E-state index in [-0.39, 0.29) is 17.9 Å². The molecular formula is C20H25ClN4O. The summed E-state index contributed by atoms with van der Waals surface area (Å²) in [5, 5.41) is 11.7. The van der Waals surface area contributed by atoms with Gasteiger partial charge in [-0.2, -0.15) is 0 Å². The van der Waals surface area contributed by atoms with Crippen molar-refractivity contribution in [2.45, 2.75) is 32.7 Å². The highest BCUT2D eigenvalue weighted by molar-refractivity contribution is 6.29. The Bertz CT molecular complexity index is 720. The van der Waals surface area contributed by atoms with Gasteiger partial charge in [0, 0.05) is 13.1 Å². The number of hydrogen-bond donors (Lipinski definition) is 1. The number of anilines is 1. The molecule has 6 heteroatoms. The first-order chi connectivity index (χ1) is 12.5. The van der Waals surface area contributed by atoms with Crippen LogP contribution in [0, 0.1) is 11.8 Å². The Kier molecular flexibility index (Phi) is 6.09. The highest BCUT2D eigenvalue weighted by atomic mass is 35.5. The van der Waals surface area contributed by atoms with E-state index in [2.05, 4.69) is 46.4 Å². The van der Waals surface area contributed by atoms with Gasteiger partial charge < -0.3 is 10.2 Å². The molecule has 0 saturated carbocycles. The number of piperidine rings is 1. The summed E-state index contributed by atoms with van der Waals surface area (Å²) < 4.78 is 0. The fraction of sp³-hybridized carbons (Fsp3) is 0.450. The molecule has 1 saturated heterocycles. The molecule has 3 rings (SSSR count). The molecule has 0 unspecified atom stereocenters. The Balaban J connectivity index is 1.67. The number of rotatable bonds is 5. The standard InChI is InChI=1S/C20H25ClN4O/c1-14(2)19(15-7-4-3-5-8-15)22-20(26)16-9-6-12-25(13-16)18-11-10-17(21)23-24-18/h3-5,7-8,10-11,14,16,19H,6,9,12-13H2,1-2H3,(H,22,26)/t16-,19-/m1/s1. The number of benzene rings is 1. The van der Waals surface area contributed by atoms with Gasteiger partial charge in [0.05, 0.1) is 12.0 Å². The quantitative estimate of drug-likeness (QED) is 0.865. The van der Waals surface area contributed by atoms with Crippen LogP contribution in [0.5, 0.6) is 0 Å². The van der Waals surface area contributed by atoms with Crippen molar-refractivity contribution in [1.29, 1.82) is 0 Å². The third-order valence-electron chi connectivity index (χ3n) is 4.86. The Labute approximate surface area is 159 Å². The van der Waals surface area contributed by atoms with Crippen LogP contribution in [0.3, 0.4) is 0 Å². The van der Waals surface area contributed by atoms with Crippen LogP contribution in [0.2, 0.25) is 5.15 Å². The van der Waals surface area contributed by atoms with Gasteiger partial charge in [-0.1, -0.05) is 55.8 Å². The molecule has 2 heterocycles. The molecule has 5 nitrogen and oxygen atoms in total. The lowest BCUT2D eigenvalue weighted by atomic mass is 9.93. The lowest BCUT2D eigenvalue weighted by Crippen LogP contribution is -2.45. The van der Waals surface area contributed by atoms with Crippen LogP contribution in [0.4, 0.5) is 5.82 Å². The number of carbonyl (C=O) groups is 1. The summed E-state index contributed by atoms with van der Waals surface area (Å²) in [6.07, 6.45) is 1.85. The van der Waals surface area contributed by atoms with Crippen LogP contribution in [-0.2, 0) is 4.79 Å². The number of amides is 1. The summed E-state index contributed by atoms with van der Waals surface area (Å²) in [7, 11) is 0. The third-order valence-corrected chi connectivity index (χ3v) is 5.06. The minimum absolute atomic E-state index is 0.0226. The summed E-state index contributed by atoms with van der Waals surface area (Å²) in [5.41, 5.74) is 1.15. The molecule has 2 aromatic rings. The van der Waals surface area contributed by atoms with Gasteiger partial charge in [-0.15, -0.1) is 10.2 Å². The maximum atomic E-state index is 12.9. The van der Waals surface area contributed by atoms with Gasteiger partial charge in [-0.3, -0.25) is 4.79 Å². The van der Waals surface area contributed by atoms with Crippen LogP contribution in [0.25, 0.3) is 0 Å². The number of nitrogens with one attached hydrogen (secondary N) is 1. The molecule has 0 spiro atoms. The zero-order valence-electron chi connectivity index (χ0n) is 15.2. The average Bonchev–Trinajstić information content (AvgIpc) is 2.67. The molecular weight excluding hydrogens is 348 g/mol. The maximum absolute atomic E-state index is 12.9. The Morgan fingerprint density at radius 2 is 1.96 bits per heavy atom. The lowest BCUT2D eigenvalue weighted by Gasteiger charge is -2.34. The Morgan fingerprint density at radius 1 is 1.19 bits per heavy atom. The van der Waals surface area contributed by atoms with Crippen molar-refractivity contribution >= 4 is 23.3 Å². The number of halogens is 1. The lowest BCUT2D eigenvalue weighted by molar-refractivity contribution is -0.126. The molecule has 1 aromatic carbocycles. The molecule has 1 fully saturated rings. The van der Waals surface area contributed by atoms with Crippen LogP contribution in [0.1, 0.15) is 38.3 Å². The average molecular weight is 373 g/mol. The zero-order chi connectivity index (χ0) is 18.5. The van der Waals surface area contributed by atoms with E-state index in [0.29, 0.717) is 17.6 Å². The zero-order valence-corrected chi connectivity index (χ0v) is 16.0. The molecule has 0 aliphatic carbocycles. The fourth-order valence-corrected chi connectivity index (χ4v) is 3.54. The van der Waals surface area contributed by atoms with Gasteiger partial charge in [0.2, 0.25) is 5.91 Å². The number of carbonyl (C=O) groups excluding carboxylic acids is 1. The topological polar surface area (TPSA) is 58.1 Å². The van der Waals surface area contributed by atoms with Crippen molar-refractivity contribution in [2.75, 3.05) is 18.0 Å². The summed E-state index contributed by atoms with van der Waals surface area (Å²) in [6, 6.07) is 13.8. The summed E-state index contributed by atoms with van der Waals surface area (Å²) >= 11 is 5.82. The number of nitrogens with zero attached hydrogens (tertiary/aromatic N) is 3. The summed E-state index contributed by atoms with van der Waals surface area (Å²) in [6.45, 7) is 5.80. The minimum Gasteiger partial charge on any atom is -0.354 e. The van der Waals surface area contributed by atoms with Crippen LogP contribution < -0.4 is 10.2 Å². The number of hydrogen-bond acceptors (Lipinski definition) is 4. The highest BCUT2D eigenvalue weighted by Crippen LogP contribution is 2.25. The minimum atomic E-state index is -0.0498. The molecule has 1 amide bonds. The second-order valence-corrected chi connectivity index (χ2v) is 7.53. The molecule has 138 valence electrons. The van der Waals surface area contributed by atoms with Crippen LogP contribution in [0.15, 0.2) is 42.5 Å². The molecule has 1 N–H and O–H groups in total. The summed E-state index contributed by atoms with van der Waals surface area (Å²) in [4.78, 5) is 15.0. The van der Waals surface area contributed by atoms with Crippen molar-refractivity contribution in [1.82, 2.24) is 15.5 Å². The monoisotopic (exact) mass is 372 g/mol. The smallest absolute Gasteiger partial charge is 0.225 e. The molecule has 0 bridgehead atoms. The van der Waals surface area contributed by atoms with Crippen LogP contribution in [-0.4, -0.2) is 29.2 Å². The van der Waals surface area contributed by atoms with E-state index in [9.17, 15) is 4.79 Å². The fourth-order valence-electron chi connectivity index (χ4n) is 3.44. The van der Waals surface area contributed by atoms with E-state index in [4.69, 9.17) is 11.6 Å². The normalized spacial score (nSPS) is 18.6. The van der Waals surface area contributed by atoms with E-state index in [1.165, 1.54) is 0 Å². The third kappa shape index (κ3) is 4.52. The van der Waals surface area contributed by atoms with Gasteiger partial charge in [0.1, 0.15) is 0 Å². The van der Waals surface area contributed by atoms with Gasteiger partial charge in [0.15, 0.2) is 11.0 Å². The van der Waals surface area contributed by atoms with Crippen molar-refractivity contribution in [3.63, 3.8) is 0 Å². The molecule has 1 aliphatic rings. The summed E-state index contributed by atoms with van der Waals surface area (Å²) in [5.74, 6) is 1.16. The van der Waals surface area contributed by atoms with Gasteiger partial charge in [-0.05, 0) is 36.5 Å². The molecule has 2 atom stereocenters. The number of aromatic nitrogens is 2. The van der Waals surface area contributed by atoms with Crippen molar-refractivity contribution in [2.24, 2.45) is 11.8 Å². The molecule has 1 aliphatic heterocycles. The first kappa shape index (κ1) is 18.6. The van der Waals surface area contributed by atoms with E-state index < -0.39 is 0 Å². The van der Waals surface area contributed by atoms with E-state index in [0.717, 1.165) is 30.8 Å². The van der Waals surface area contributed by atoms with Crippen molar-refractivity contribution in [3.8, 4) is 0 Å². The van der Waals surface area contributed by atoms with E-state index in [1.54, 1.807) is 6.07 Å². The van der Waals surface area contributed by atoms with Gasteiger partial charge in [-0.25, -0.2) is 0 Å². The SMILES string of the molecule is CC(C)[C@@H](NC(=O)[C@@H]1CCCN(c2ccc(Cl)nn2)C1)c1ccccc1. The van der Waals surface area contributed by atoms with E-state index in [1.807, 2.05) is 24.3 Å². The first-order valence-electron chi connectivity index (χ1n) is 9.14. The second-order valence-electron chi connectivity index (χ2n) is 7.14.